The van der Waals surface area contributed by atoms with Crippen molar-refractivity contribution in [3.8, 4) is 0 Å². The van der Waals surface area contributed by atoms with Crippen LogP contribution in [0.25, 0.3) is 0 Å². The Bertz CT molecular complexity index is 1360. The average Bonchev–Trinajstić information content (AvgIpc) is 3.69. The van der Waals surface area contributed by atoms with Crippen LogP contribution in [0.5, 0.6) is 0 Å². The molecular weight excluding hydrogens is 620 g/mol. The van der Waals surface area contributed by atoms with E-state index in [4.69, 9.17) is 0 Å². The molecule has 1 aromatic rings. The average molecular weight is 677 g/mol. The third-order valence-corrected chi connectivity index (χ3v) is 12.0. The number of carbonyl (C=O) groups excluding carboxylic acids is 6. The molecule has 4 fully saturated rings. The Labute approximate surface area is 291 Å². The minimum absolute atomic E-state index is 0.00209. The molecule has 10 nitrogen and oxygen atoms in total. The van der Waals surface area contributed by atoms with Gasteiger partial charge in [-0.3, -0.25) is 33.8 Å². The predicted octanol–water partition coefficient (Wildman–Crippen LogP) is 5.72. The number of hydrogen-bond donors (Lipinski definition) is 1. The van der Waals surface area contributed by atoms with Gasteiger partial charge in [-0.1, -0.05) is 59.3 Å². The van der Waals surface area contributed by atoms with E-state index in [0.29, 0.717) is 31.7 Å². The number of Topliss-reactive ketones (excluding diaryl/α,β-unsaturated/α-hetero) is 4. The van der Waals surface area contributed by atoms with Crippen molar-refractivity contribution in [1.82, 2.24) is 20.2 Å². The molecule has 4 aliphatic rings. The standard InChI is InChI=1S/C39H56N4O6/c1-4-10-27(37(47)34(46)19-25-15-16-25)20-33(45)36-29-14-9-13-28(29)23-43(36)39(49)35(24(3)5-2)42-38(48)30(26-11-7-6-8-12-26)21-32(44)31-22-40-17-18-41-31/h17-18,22,24-30,35-36H,4-16,19-21,23H2,1-3H3,(H,42,48)/t24?,27-,28?,29-,30+,35-,36-/m0/s1. The van der Waals surface area contributed by atoms with E-state index in [2.05, 4.69) is 15.3 Å². The fraction of sp³-hybridized carbons (Fsp3) is 0.744. The Hall–Kier alpha value is -3.30. The third kappa shape index (κ3) is 9.09. The van der Waals surface area contributed by atoms with Gasteiger partial charge in [0.1, 0.15) is 11.7 Å². The Morgan fingerprint density at radius 2 is 1.67 bits per heavy atom. The molecule has 3 aliphatic carbocycles. The number of hydrogen-bond acceptors (Lipinski definition) is 8. The lowest BCUT2D eigenvalue weighted by molar-refractivity contribution is -0.145. The van der Waals surface area contributed by atoms with Crippen molar-refractivity contribution < 1.29 is 28.8 Å². The second-order valence-electron chi connectivity index (χ2n) is 15.5. The number of carbonyl (C=O) groups is 6. The molecule has 5 rings (SSSR count). The van der Waals surface area contributed by atoms with Gasteiger partial charge < -0.3 is 10.2 Å². The van der Waals surface area contributed by atoms with Crippen molar-refractivity contribution >= 4 is 34.9 Å². The first-order valence-electron chi connectivity index (χ1n) is 19.1. The van der Waals surface area contributed by atoms with Crippen LogP contribution in [0.4, 0.5) is 0 Å². The Morgan fingerprint density at radius 1 is 0.918 bits per heavy atom. The lowest BCUT2D eigenvalue weighted by Crippen LogP contribution is -2.56. The maximum atomic E-state index is 14.6. The molecule has 268 valence electrons. The van der Waals surface area contributed by atoms with Gasteiger partial charge in [-0.25, -0.2) is 4.98 Å². The Kier molecular flexibility index (Phi) is 12.9. The molecule has 2 amide bonds. The molecule has 7 atom stereocenters. The van der Waals surface area contributed by atoms with Crippen LogP contribution < -0.4 is 5.32 Å². The summed E-state index contributed by atoms with van der Waals surface area (Å²) in [4.78, 5) is 92.2. The zero-order valence-electron chi connectivity index (χ0n) is 29.7. The first-order chi connectivity index (χ1) is 23.6. The lowest BCUT2D eigenvalue weighted by atomic mass is 9.77. The van der Waals surface area contributed by atoms with Crippen LogP contribution in [0.3, 0.4) is 0 Å². The molecule has 1 aliphatic heterocycles. The van der Waals surface area contributed by atoms with Crippen LogP contribution in [0, 0.1) is 41.4 Å². The van der Waals surface area contributed by atoms with Crippen LogP contribution in [-0.4, -0.2) is 68.4 Å². The van der Waals surface area contributed by atoms with E-state index in [1.54, 1.807) is 4.90 Å². The summed E-state index contributed by atoms with van der Waals surface area (Å²) in [7, 11) is 0. The molecule has 2 heterocycles. The van der Waals surface area contributed by atoms with Crippen molar-refractivity contribution in [2.75, 3.05) is 6.54 Å². The quantitative estimate of drug-likeness (QED) is 0.154. The highest BCUT2D eigenvalue weighted by Crippen LogP contribution is 2.44. The molecular formula is C39H56N4O6. The van der Waals surface area contributed by atoms with Gasteiger partial charge in [0.15, 0.2) is 17.3 Å². The first kappa shape index (κ1) is 37.0. The summed E-state index contributed by atoms with van der Waals surface area (Å²) < 4.78 is 0. The molecule has 0 aromatic carbocycles. The minimum Gasteiger partial charge on any atom is -0.344 e. The topological polar surface area (TPSA) is 143 Å². The van der Waals surface area contributed by atoms with Crippen molar-refractivity contribution in [2.45, 2.75) is 136 Å². The number of amides is 2. The zero-order chi connectivity index (χ0) is 35.1. The SMILES string of the molecule is CCC[C@@H](CC(=O)[C@@H]1[C@H]2CCCC2CN1C(=O)[C@@H](NC(=O)[C@H](CC(=O)c1cnccn1)C1CCCCC1)C(C)CC)C(=O)C(=O)CC1CC1. The zero-order valence-corrected chi connectivity index (χ0v) is 29.7. The molecule has 49 heavy (non-hydrogen) atoms. The van der Waals surface area contributed by atoms with E-state index in [9.17, 15) is 28.8 Å². The van der Waals surface area contributed by atoms with E-state index in [-0.39, 0.29) is 77.8 Å². The fourth-order valence-corrected chi connectivity index (χ4v) is 8.77. The highest BCUT2D eigenvalue weighted by molar-refractivity contribution is 6.38. The van der Waals surface area contributed by atoms with Crippen LogP contribution in [0.2, 0.25) is 0 Å². The van der Waals surface area contributed by atoms with Gasteiger partial charge in [-0.2, -0.15) is 0 Å². The van der Waals surface area contributed by atoms with E-state index < -0.39 is 29.7 Å². The normalized spacial score (nSPS) is 24.8. The van der Waals surface area contributed by atoms with Gasteiger partial charge in [0.25, 0.3) is 0 Å². The largest absolute Gasteiger partial charge is 0.344 e. The third-order valence-electron chi connectivity index (χ3n) is 12.0. The van der Waals surface area contributed by atoms with Crippen molar-refractivity contribution in [2.24, 2.45) is 41.4 Å². The van der Waals surface area contributed by atoms with E-state index in [0.717, 1.165) is 64.2 Å². The number of nitrogens with one attached hydrogen (secondary N) is 1. The second-order valence-corrected chi connectivity index (χ2v) is 15.5. The van der Waals surface area contributed by atoms with Crippen LogP contribution in [0.1, 0.15) is 134 Å². The summed E-state index contributed by atoms with van der Waals surface area (Å²) >= 11 is 0. The summed E-state index contributed by atoms with van der Waals surface area (Å²) in [5.41, 5.74) is 0.227. The van der Waals surface area contributed by atoms with E-state index in [1.807, 2.05) is 20.8 Å². The van der Waals surface area contributed by atoms with E-state index in [1.165, 1.54) is 18.6 Å². The van der Waals surface area contributed by atoms with Crippen molar-refractivity contribution in [1.29, 1.82) is 0 Å². The van der Waals surface area contributed by atoms with Crippen molar-refractivity contribution in [3.63, 3.8) is 0 Å². The van der Waals surface area contributed by atoms with Crippen LogP contribution in [0.15, 0.2) is 18.6 Å². The molecule has 0 spiro atoms. The highest BCUT2D eigenvalue weighted by Gasteiger charge is 2.51. The summed E-state index contributed by atoms with van der Waals surface area (Å²) in [6.07, 6.45) is 15.9. The van der Waals surface area contributed by atoms with Gasteiger partial charge in [-0.15, -0.1) is 0 Å². The maximum Gasteiger partial charge on any atom is 0.246 e. The van der Waals surface area contributed by atoms with Crippen molar-refractivity contribution in [3.05, 3.63) is 24.3 Å². The van der Waals surface area contributed by atoms with Crippen LogP contribution >= 0.6 is 0 Å². The summed E-state index contributed by atoms with van der Waals surface area (Å²) in [5, 5.41) is 3.11. The summed E-state index contributed by atoms with van der Waals surface area (Å²) in [5.74, 6) is -2.66. The smallest absolute Gasteiger partial charge is 0.246 e. The molecule has 0 radical (unpaired) electrons. The first-order valence-corrected chi connectivity index (χ1v) is 19.1. The maximum absolute atomic E-state index is 14.6. The minimum atomic E-state index is -0.850. The monoisotopic (exact) mass is 676 g/mol. The Balaban J connectivity index is 1.35. The van der Waals surface area contributed by atoms with Gasteiger partial charge in [0, 0.05) is 50.0 Å². The number of likely N-dealkylation sites (tertiary alicyclic amines) is 1. The molecule has 1 aromatic heterocycles. The number of aromatic nitrogens is 2. The second kappa shape index (κ2) is 17.1. The fourth-order valence-electron chi connectivity index (χ4n) is 8.77. The molecule has 1 N–H and O–H groups in total. The summed E-state index contributed by atoms with van der Waals surface area (Å²) in [6, 6.07) is -1.51. The molecule has 0 bridgehead atoms. The van der Waals surface area contributed by atoms with E-state index >= 15 is 0 Å². The predicted molar refractivity (Wildman–Crippen MR) is 184 cm³/mol. The lowest BCUT2D eigenvalue weighted by Gasteiger charge is -2.35. The van der Waals surface area contributed by atoms with Crippen LogP contribution in [-0.2, 0) is 24.0 Å². The highest BCUT2D eigenvalue weighted by atomic mass is 16.2. The molecule has 1 saturated heterocycles. The number of ketones is 4. The number of fused-ring (bicyclic) bond motifs is 1. The summed E-state index contributed by atoms with van der Waals surface area (Å²) in [6.45, 7) is 6.33. The van der Waals surface area contributed by atoms with Gasteiger partial charge >= 0.3 is 0 Å². The molecule has 10 heteroatoms. The number of nitrogens with zero attached hydrogens (tertiary/aromatic N) is 3. The Morgan fingerprint density at radius 3 is 2.33 bits per heavy atom. The van der Waals surface area contributed by atoms with Gasteiger partial charge in [-0.05, 0) is 74.5 Å². The molecule has 3 saturated carbocycles. The number of rotatable bonds is 18. The molecule has 2 unspecified atom stereocenters. The van der Waals surface area contributed by atoms with Gasteiger partial charge in [0.05, 0.1) is 12.2 Å². The van der Waals surface area contributed by atoms with Gasteiger partial charge in [0.2, 0.25) is 17.6 Å².